The summed E-state index contributed by atoms with van der Waals surface area (Å²) in [6.45, 7) is 1.52. The van der Waals surface area contributed by atoms with E-state index in [1.165, 1.54) is 21.1 Å². The van der Waals surface area contributed by atoms with Crippen LogP contribution < -0.4 is 14.4 Å². The maximum absolute atomic E-state index is 14.7. The first kappa shape index (κ1) is 24.3. The number of nitrogens with zero attached hydrogens (tertiary/aromatic N) is 2. The molecule has 1 spiro atoms. The number of ketones is 3. The third-order valence-electron chi connectivity index (χ3n) is 8.72. The van der Waals surface area contributed by atoms with E-state index >= 15 is 0 Å². The predicted molar refractivity (Wildman–Crippen MR) is 151 cm³/mol. The van der Waals surface area contributed by atoms with E-state index in [1.54, 1.807) is 42.6 Å². The summed E-state index contributed by atoms with van der Waals surface area (Å²) < 4.78 is 11.5. The first-order chi connectivity index (χ1) is 19.4. The predicted octanol–water partition coefficient (Wildman–Crippen LogP) is 5.27. The van der Waals surface area contributed by atoms with Crippen LogP contribution in [0.1, 0.15) is 44.7 Å². The van der Waals surface area contributed by atoms with Crippen LogP contribution in [-0.2, 0) is 4.79 Å². The molecule has 3 heterocycles. The first-order valence-corrected chi connectivity index (χ1v) is 13.2. The number of methoxy groups -OCH3 is 2. The van der Waals surface area contributed by atoms with Gasteiger partial charge in [-0.25, -0.2) is 0 Å². The number of carbonyl (C=O) groups excluding carboxylic acids is 3. The fraction of sp³-hybridized carbons (Fsp3) is 0.212. The average molecular weight is 531 g/mol. The summed E-state index contributed by atoms with van der Waals surface area (Å²) in [5.41, 5.74) is 2.05. The number of para-hydroxylation sites is 1. The van der Waals surface area contributed by atoms with Gasteiger partial charge in [-0.15, -0.1) is 0 Å². The molecule has 2 aliphatic heterocycles. The highest BCUT2D eigenvalue weighted by atomic mass is 16.5. The molecule has 0 unspecified atom stereocenters. The number of benzene rings is 3. The molecular weight excluding hydrogens is 504 g/mol. The van der Waals surface area contributed by atoms with Crippen molar-refractivity contribution in [2.75, 3.05) is 19.1 Å². The minimum Gasteiger partial charge on any atom is -0.493 e. The van der Waals surface area contributed by atoms with E-state index in [1.807, 2.05) is 47.4 Å². The molecular formula is C33H26N2O5. The Morgan fingerprint density at radius 2 is 1.65 bits per heavy atom. The molecule has 0 saturated carbocycles. The lowest BCUT2D eigenvalue weighted by atomic mass is 9.64. The first-order valence-electron chi connectivity index (χ1n) is 13.2. The Bertz CT molecular complexity index is 1760. The van der Waals surface area contributed by atoms with E-state index in [4.69, 9.17) is 14.5 Å². The summed E-state index contributed by atoms with van der Waals surface area (Å²) in [4.78, 5) is 49.9. The number of hydrogen-bond acceptors (Lipinski definition) is 7. The highest BCUT2D eigenvalue weighted by Gasteiger charge is 2.71. The quantitative estimate of drug-likeness (QED) is 0.332. The summed E-state index contributed by atoms with van der Waals surface area (Å²) >= 11 is 0. The highest BCUT2D eigenvalue weighted by Crippen LogP contribution is 2.62. The average Bonchev–Trinajstić information content (AvgIpc) is 3.42. The zero-order valence-corrected chi connectivity index (χ0v) is 22.3. The number of pyridine rings is 1. The minimum absolute atomic E-state index is 0.164. The van der Waals surface area contributed by atoms with Gasteiger partial charge in [0.2, 0.25) is 0 Å². The van der Waals surface area contributed by atoms with Crippen LogP contribution in [0.2, 0.25) is 0 Å². The molecule has 0 amide bonds. The number of Topliss-reactive ketones (excluding diaryl/α,β-unsaturated/α-hetero) is 3. The molecule has 3 atom stereocenters. The Balaban J connectivity index is 1.60. The van der Waals surface area contributed by atoms with Crippen molar-refractivity contribution < 1.29 is 23.9 Å². The second-order valence-electron chi connectivity index (χ2n) is 10.5. The molecule has 1 saturated heterocycles. The van der Waals surface area contributed by atoms with Gasteiger partial charge in [-0.2, -0.15) is 0 Å². The third-order valence-corrected chi connectivity index (χ3v) is 8.72. The van der Waals surface area contributed by atoms with Gasteiger partial charge in [0, 0.05) is 34.2 Å². The lowest BCUT2D eigenvalue weighted by Gasteiger charge is -2.37. The summed E-state index contributed by atoms with van der Waals surface area (Å²) in [6, 6.07) is 18.6. The number of anilines is 1. The second-order valence-corrected chi connectivity index (χ2v) is 10.5. The van der Waals surface area contributed by atoms with E-state index in [0.717, 1.165) is 16.6 Å². The largest absolute Gasteiger partial charge is 0.493 e. The van der Waals surface area contributed by atoms with Gasteiger partial charge >= 0.3 is 0 Å². The molecule has 1 aromatic heterocycles. The van der Waals surface area contributed by atoms with Gasteiger partial charge < -0.3 is 14.4 Å². The van der Waals surface area contributed by atoms with Crippen LogP contribution in [0.15, 0.2) is 79.0 Å². The Kier molecular flexibility index (Phi) is 5.23. The van der Waals surface area contributed by atoms with Gasteiger partial charge in [-0.1, -0.05) is 66.7 Å². The highest BCUT2D eigenvalue weighted by molar-refractivity contribution is 6.32. The minimum atomic E-state index is -1.61. The van der Waals surface area contributed by atoms with Gasteiger partial charge in [-0.3, -0.25) is 19.4 Å². The maximum atomic E-state index is 14.7. The summed E-state index contributed by atoms with van der Waals surface area (Å²) in [6.07, 6.45) is 5.56. The third kappa shape index (κ3) is 2.89. The molecule has 3 aliphatic rings. The molecule has 4 aromatic rings. The fourth-order valence-corrected chi connectivity index (χ4v) is 7.24. The molecule has 0 radical (unpaired) electrons. The Morgan fingerprint density at radius 3 is 2.33 bits per heavy atom. The fourth-order valence-electron chi connectivity index (χ4n) is 7.24. The number of hydrogen-bond donors (Lipinski definition) is 0. The number of fused-ring (bicyclic) bond motifs is 7. The second kappa shape index (κ2) is 8.61. The van der Waals surface area contributed by atoms with E-state index < -0.39 is 23.4 Å². The number of aromatic nitrogens is 1. The lowest BCUT2D eigenvalue weighted by Crippen LogP contribution is -2.48. The zero-order valence-electron chi connectivity index (χ0n) is 22.3. The van der Waals surface area contributed by atoms with Gasteiger partial charge in [0.15, 0.2) is 28.8 Å². The molecule has 7 rings (SSSR count). The van der Waals surface area contributed by atoms with E-state index in [0.29, 0.717) is 33.7 Å². The molecule has 198 valence electrons. The smallest absolute Gasteiger partial charge is 0.180 e. The monoisotopic (exact) mass is 530 g/mol. The number of rotatable bonds is 4. The topological polar surface area (TPSA) is 85.8 Å². The van der Waals surface area contributed by atoms with Crippen molar-refractivity contribution in [2.24, 2.45) is 5.41 Å². The van der Waals surface area contributed by atoms with Crippen molar-refractivity contribution in [2.45, 2.75) is 24.9 Å². The standard InChI is InChI=1S/C33H26N2O5/c1-18(36)28-26(23-11-6-12-24(39-2)30(23)40-3)33(31(37)21-9-4-5-10-22(21)32(33)38)25-16-15-20-14-13-19-8-7-17-34-27(19)29(20)35(25)28/h4-17,25-26,28H,1-3H3/t25-,26+,28+/m1/s1. The molecule has 3 aromatic carbocycles. The van der Waals surface area contributed by atoms with Crippen LogP contribution in [0, 0.1) is 5.41 Å². The van der Waals surface area contributed by atoms with Crippen molar-refractivity contribution in [3.8, 4) is 11.5 Å². The summed E-state index contributed by atoms with van der Waals surface area (Å²) in [5, 5.41) is 0.904. The molecule has 7 heteroatoms. The Hall–Kier alpha value is -4.78. The van der Waals surface area contributed by atoms with Crippen LogP contribution in [-0.4, -0.2) is 48.6 Å². The van der Waals surface area contributed by atoms with E-state index in [-0.39, 0.29) is 17.3 Å². The molecule has 0 bridgehead atoms. The molecule has 1 fully saturated rings. The van der Waals surface area contributed by atoms with Crippen LogP contribution in [0.5, 0.6) is 11.5 Å². The molecule has 1 aliphatic carbocycles. The zero-order chi connectivity index (χ0) is 27.8. The van der Waals surface area contributed by atoms with Crippen LogP contribution in [0.3, 0.4) is 0 Å². The van der Waals surface area contributed by atoms with Gasteiger partial charge in [-0.05, 0) is 24.6 Å². The Labute approximate surface area is 231 Å². The summed E-state index contributed by atoms with van der Waals surface area (Å²) in [5.74, 6) is -0.742. The van der Waals surface area contributed by atoms with Crippen molar-refractivity contribution in [3.63, 3.8) is 0 Å². The molecule has 0 N–H and O–H groups in total. The maximum Gasteiger partial charge on any atom is 0.180 e. The number of ether oxygens (including phenoxy) is 2. The number of carbonyl (C=O) groups is 3. The normalized spacial score (nSPS) is 21.9. The van der Waals surface area contributed by atoms with Crippen molar-refractivity contribution in [3.05, 3.63) is 101 Å². The Morgan fingerprint density at radius 1 is 0.900 bits per heavy atom. The van der Waals surface area contributed by atoms with Gasteiger partial charge in [0.05, 0.1) is 37.5 Å². The SMILES string of the molecule is COc1cccc([C@H]2[C@H](C(C)=O)N3c4c(ccc5cccnc45)C=C[C@@H]3C23C(=O)c2ccccc2C3=O)c1OC. The van der Waals surface area contributed by atoms with E-state index in [2.05, 4.69) is 0 Å². The van der Waals surface area contributed by atoms with Gasteiger partial charge in [0.25, 0.3) is 0 Å². The lowest BCUT2D eigenvalue weighted by molar-refractivity contribution is -0.118. The molecule has 40 heavy (non-hydrogen) atoms. The van der Waals surface area contributed by atoms with Crippen LogP contribution in [0.4, 0.5) is 5.69 Å². The van der Waals surface area contributed by atoms with Crippen molar-refractivity contribution >= 4 is 40.0 Å². The summed E-state index contributed by atoms with van der Waals surface area (Å²) in [7, 11) is 3.06. The van der Waals surface area contributed by atoms with Crippen molar-refractivity contribution in [1.29, 1.82) is 0 Å². The van der Waals surface area contributed by atoms with Crippen molar-refractivity contribution in [1.82, 2.24) is 4.98 Å². The van der Waals surface area contributed by atoms with Crippen LogP contribution >= 0.6 is 0 Å². The van der Waals surface area contributed by atoms with Crippen LogP contribution in [0.25, 0.3) is 17.0 Å². The molecule has 7 nitrogen and oxygen atoms in total. The van der Waals surface area contributed by atoms with E-state index in [9.17, 15) is 14.4 Å². The van der Waals surface area contributed by atoms with Gasteiger partial charge in [0.1, 0.15) is 5.41 Å².